The van der Waals surface area contributed by atoms with Gasteiger partial charge in [0.15, 0.2) is 5.69 Å². The van der Waals surface area contributed by atoms with Crippen molar-refractivity contribution >= 4 is 11.6 Å². The maximum atomic E-state index is 11.9. The molecule has 4 rings (SSSR count). The minimum atomic E-state index is -0.110. The van der Waals surface area contributed by atoms with Gasteiger partial charge in [-0.2, -0.15) is 0 Å². The molecule has 2 bridgehead atoms. The van der Waals surface area contributed by atoms with E-state index in [-0.39, 0.29) is 5.91 Å². The second kappa shape index (κ2) is 4.24. The van der Waals surface area contributed by atoms with Gasteiger partial charge in [0, 0.05) is 37.9 Å². The highest BCUT2D eigenvalue weighted by atomic mass is 16.1. The maximum Gasteiger partial charge on any atom is 0.271 e. The fraction of sp³-hybridized carbons (Fsp3) is 0.538. The minimum Gasteiger partial charge on any atom is -0.366 e. The van der Waals surface area contributed by atoms with Crippen molar-refractivity contribution in [1.82, 2.24) is 15.6 Å². The van der Waals surface area contributed by atoms with Gasteiger partial charge in [0.05, 0.1) is 5.69 Å². The summed E-state index contributed by atoms with van der Waals surface area (Å²) >= 11 is 0. The SMILES string of the molecule is CNC(=O)c1nc(C)ccc1N1CC2CC(C1)N2. The van der Waals surface area contributed by atoms with E-state index in [4.69, 9.17) is 0 Å². The molecule has 0 spiro atoms. The zero-order valence-corrected chi connectivity index (χ0v) is 10.7. The maximum absolute atomic E-state index is 11.9. The predicted octanol–water partition coefficient (Wildman–Crippen LogP) is 0.300. The summed E-state index contributed by atoms with van der Waals surface area (Å²) in [6.07, 6.45) is 1.26. The normalized spacial score (nSPS) is 25.6. The molecule has 18 heavy (non-hydrogen) atoms. The average molecular weight is 246 g/mol. The summed E-state index contributed by atoms with van der Waals surface area (Å²) in [7, 11) is 1.64. The standard InChI is InChI=1S/C13H18N4O/c1-8-3-4-11(12(15-8)13(18)14-2)17-6-9-5-10(7-17)16-9/h3-4,9-10,16H,5-7H2,1-2H3,(H,14,18). The number of hydrogen-bond acceptors (Lipinski definition) is 4. The van der Waals surface area contributed by atoms with E-state index in [1.807, 2.05) is 19.1 Å². The summed E-state index contributed by atoms with van der Waals surface area (Å²) in [6, 6.07) is 5.12. The third-order valence-electron chi connectivity index (χ3n) is 3.72. The number of hydrogen-bond donors (Lipinski definition) is 2. The van der Waals surface area contributed by atoms with Crippen LogP contribution in [0.15, 0.2) is 12.1 Å². The molecule has 4 heterocycles. The monoisotopic (exact) mass is 246 g/mol. The Morgan fingerprint density at radius 3 is 2.72 bits per heavy atom. The van der Waals surface area contributed by atoms with Gasteiger partial charge in [0.25, 0.3) is 5.91 Å². The van der Waals surface area contributed by atoms with Gasteiger partial charge in [-0.05, 0) is 25.5 Å². The van der Waals surface area contributed by atoms with Crippen molar-refractivity contribution in [2.45, 2.75) is 25.4 Å². The van der Waals surface area contributed by atoms with E-state index in [9.17, 15) is 4.79 Å². The van der Waals surface area contributed by atoms with Crippen molar-refractivity contribution in [2.24, 2.45) is 0 Å². The van der Waals surface area contributed by atoms with E-state index in [0.717, 1.165) is 24.5 Å². The number of anilines is 1. The van der Waals surface area contributed by atoms with Crippen LogP contribution in [0.5, 0.6) is 0 Å². The Labute approximate surface area is 107 Å². The number of piperazine rings is 1. The first-order valence-corrected chi connectivity index (χ1v) is 6.38. The van der Waals surface area contributed by atoms with Crippen molar-refractivity contribution in [1.29, 1.82) is 0 Å². The average Bonchev–Trinajstić information content (AvgIpc) is 2.37. The zero-order valence-electron chi connectivity index (χ0n) is 10.7. The minimum absolute atomic E-state index is 0.110. The largest absolute Gasteiger partial charge is 0.366 e. The van der Waals surface area contributed by atoms with Crippen LogP contribution in [-0.4, -0.2) is 43.1 Å². The lowest BCUT2D eigenvalue weighted by Gasteiger charge is -2.49. The second-order valence-corrected chi connectivity index (χ2v) is 5.10. The highest BCUT2D eigenvalue weighted by Gasteiger charge is 2.37. The van der Waals surface area contributed by atoms with Gasteiger partial charge < -0.3 is 15.5 Å². The topological polar surface area (TPSA) is 57.3 Å². The van der Waals surface area contributed by atoms with Crippen LogP contribution in [0, 0.1) is 6.92 Å². The van der Waals surface area contributed by atoms with Crippen LogP contribution >= 0.6 is 0 Å². The summed E-state index contributed by atoms with van der Waals surface area (Å²) in [5.41, 5.74) is 2.37. The number of carbonyl (C=O) groups is 1. The first kappa shape index (κ1) is 11.5. The lowest BCUT2D eigenvalue weighted by atomic mass is 9.91. The Kier molecular flexibility index (Phi) is 2.70. The molecule has 0 aromatic carbocycles. The molecular formula is C13H18N4O. The number of carbonyl (C=O) groups excluding carboxylic acids is 1. The predicted molar refractivity (Wildman–Crippen MR) is 69.9 cm³/mol. The second-order valence-electron chi connectivity index (χ2n) is 5.10. The van der Waals surface area contributed by atoms with E-state index in [1.54, 1.807) is 7.05 Å². The first-order valence-electron chi connectivity index (χ1n) is 6.38. The molecule has 2 unspecified atom stereocenters. The Morgan fingerprint density at radius 2 is 2.11 bits per heavy atom. The zero-order chi connectivity index (χ0) is 12.7. The Bertz CT molecular complexity index is 472. The van der Waals surface area contributed by atoms with Crippen molar-refractivity contribution in [3.8, 4) is 0 Å². The van der Waals surface area contributed by atoms with Crippen LogP contribution in [0.2, 0.25) is 0 Å². The molecule has 3 aliphatic heterocycles. The van der Waals surface area contributed by atoms with Gasteiger partial charge in [-0.3, -0.25) is 4.79 Å². The molecular weight excluding hydrogens is 228 g/mol. The number of nitrogens with zero attached hydrogens (tertiary/aromatic N) is 2. The van der Waals surface area contributed by atoms with Crippen LogP contribution in [0.4, 0.5) is 5.69 Å². The number of piperidine rings is 1. The van der Waals surface area contributed by atoms with Gasteiger partial charge in [-0.15, -0.1) is 0 Å². The number of nitrogens with one attached hydrogen (secondary N) is 2. The molecule has 0 radical (unpaired) electrons. The lowest BCUT2D eigenvalue weighted by molar-refractivity contribution is 0.0958. The molecule has 3 aliphatic rings. The summed E-state index contributed by atoms with van der Waals surface area (Å²) in [4.78, 5) is 18.6. The summed E-state index contributed by atoms with van der Waals surface area (Å²) in [5, 5.41) is 6.16. The number of pyridine rings is 1. The number of aromatic nitrogens is 1. The van der Waals surface area contributed by atoms with Crippen molar-refractivity contribution in [2.75, 3.05) is 25.0 Å². The van der Waals surface area contributed by atoms with Crippen LogP contribution < -0.4 is 15.5 Å². The molecule has 0 saturated carbocycles. The van der Waals surface area contributed by atoms with Crippen molar-refractivity contribution in [3.63, 3.8) is 0 Å². The molecule has 0 aliphatic carbocycles. The number of fused-ring (bicyclic) bond motifs is 2. The Morgan fingerprint density at radius 1 is 1.44 bits per heavy atom. The molecule has 96 valence electrons. The molecule has 1 aromatic heterocycles. The van der Waals surface area contributed by atoms with Gasteiger partial charge in [0.2, 0.25) is 0 Å². The van der Waals surface area contributed by atoms with E-state index in [2.05, 4.69) is 20.5 Å². The number of rotatable bonds is 2. The molecule has 2 atom stereocenters. The molecule has 3 fully saturated rings. The molecule has 2 N–H and O–H groups in total. The van der Waals surface area contributed by atoms with Crippen molar-refractivity contribution < 1.29 is 4.79 Å². The van der Waals surface area contributed by atoms with E-state index < -0.39 is 0 Å². The highest BCUT2D eigenvalue weighted by Crippen LogP contribution is 2.28. The number of aryl methyl sites for hydroxylation is 1. The van der Waals surface area contributed by atoms with E-state index in [0.29, 0.717) is 17.8 Å². The quantitative estimate of drug-likeness (QED) is 0.788. The van der Waals surface area contributed by atoms with Gasteiger partial charge in [0.1, 0.15) is 0 Å². The highest BCUT2D eigenvalue weighted by molar-refractivity contribution is 5.97. The molecule has 1 amide bonds. The van der Waals surface area contributed by atoms with Gasteiger partial charge in [-0.25, -0.2) is 4.98 Å². The van der Waals surface area contributed by atoms with E-state index >= 15 is 0 Å². The fourth-order valence-electron chi connectivity index (χ4n) is 2.80. The number of amides is 1. The van der Waals surface area contributed by atoms with Crippen LogP contribution in [0.3, 0.4) is 0 Å². The summed E-state index contributed by atoms with van der Waals surface area (Å²) < 4.78 is 0. The first-order chi connectivity index (χ1) is 8.67. The Hall–Kier alpha value is -1.62. The van der Waals surface area contributed by atoms with Crippen LogP contribution in [-0.2, 0) is 0 Å². The Balaban J connectivity index is 1.93. The summed E-state index contributed by atoms with van der Waals surface area (Å²) in [6.45, 7) is 3.84. The summed E-state index contributed by atoms with van der Waals surface area (Å²) in [5.74, 6) is -0.110. The van der Waals surface area contributed by atoms with Gasteiger partial charge in [-0.1, -0.05) is 0 Å². The molecule has 1 aromatic rings. The van der Waals surface area contributed by atoms with Crippen molar-refractivity contribution in [3.05, 3.63) is 23.5 Å². The van der Waals surface area contributed by atoms with E-state index in [1.165, 1.54) is 6.42 Å². The molecule has 5 heteroatoms. The fourth-order valence-corrected chi connectivity index (χ4v) is 2.80. The molecule has 5 nitrogen and oxygen atoms in total. The van der Waals surface area contributed by atoms with Crippen LogP contribution in [0.1, 0.15) is 22.6 Å². The lowest BCUT2D eigenvalue weighted by Crippen LogP contribution is -2.67. The smallest absolute Gasteiger partial charge is 0.271 e. The van der Waals surface area contributed by atoms with Crippen LogP contribution in [0.25, 0.3) is 0 Å². The molecule has 3 saturated heterocycles. The third-order valence-corrected chi connectivity index (χ3v) is 3.72. The third kappa shape index (κ3) is 1.84. The van der Waals surface area contributed by atoms with Gasteiger partial charge >= 0.3 is 0 Å².